The number of hydrogen-bond donors (Lipinski definition) is 6. The van der Waals surface area contributed by atoms with Crippen LogP contribution in [0.2, 0.25) is 0 Å². The number of benzene rings is 2. The van der Waals surface area contributed by atoms with Crippen molar-refractivity contribution in [3.8, 4) is 17.2 Å². The van der Waals surface area contributed by atoms with Crippen LogP contribution in [0.15, 0.2) is 30.4 Å². The van der Waals surface area contributed by atoms with E-state index in [1.54, 1.807) is 6.92 Å². The summed E-state index contributed by atoms with van der Waals surface area (Å²) in [7, 11) is 1.31. The third-order valence-electron chi connectivity index (χ3n) is 10.0. The highest BCUT2D eigenvalue weighted by atomic mass is 16.7. The number of carbonyl (C=O) groups excluding carboxylic acids is 4. The van der Waals surface area contributed by atoms with Gasteiger partial charge in [0.15, 0.2) is 17.9 Å². The lowest BCUT2D eigenvalue weighted by Gasteiger charge is -2.42. The van der Waals surface area contributed by atoms with Crippen molar-refractivity contribution in [3.05, 3.63) is 63.7 Å². The lowest BCUT2D eigenvalue weighted by molar-refractivity contribution is -0.249. The lowest BCUT2D eigenvalue weighted by Crippen LogP contribution is -2.56. The predicted octanol–water partition coefficient (Wildman–Crippen LogP) is 2.66. The van der Waals surface area contributed by atoms with Crippen LogP contribution < -0.4 is 10.1 Å². The van der Waals surface area contributed by atoms with E-state index in [-0.39, 0.29) is 34.4 Å². The molecule has 2 aromatic rings. The van der Waals surface area contributed by atoms with E-state index >= 15 is 0 Å². The molecule has 14 nitrogen and oxygen atoms in total. The van der Waals surface area contributed by atoms with Crippen LogP contribution in [0.25, 0.3) is 0 Å². The Morgan fingerprint density at radius 3 is 2.56 bits per heavy atom. The Morgan fingerprint density at radius 2 is 1.82 bits per heavy atom. The normalized spacial score (nSPS) is 29.8. The number of fused-ring (bicyclic) bond motifs is 3. The maximum atomic E-state index is 13.9. The zero-order valence-electron chi connectivity index (χ0n) is 27.7. The number of phenolic OH excluding ortho intramolecular Hbond substituents is 2. The molecular weight excluding hydrogens is 654 g/mol. The van der Waals surface area contributed by atoms with E-state index in [0.717, 1.165) is 25.7 Å². The molecule has 1 heterocycles. The van der Waals surface area contributed by atoms with Crippen LogP contribution in [0.4, 0.5) is 4.79 Å². The van der Waals surface area contributed by atoms with Crippen molar-refractivity contribution < 1.29 is 63.7 Å². The smallest absolute Gasteiger partial charge is 0.408 e. The number of rotatable bonds is 7. The second-order valence-electron chi connectivity index (χ2n) is 13.3. The monoisotopic (exact) mass is 695 g/mol. The molecule has 50 heavy (non-hydrogen) atoms. The number of aliphatic hydroxyl groups is 3. The second-order valence-corrected chi connectivity index (χ2v) is 13.3. The van der Waals surface area contributed by atoms with Crippen LogP contribution in [-0.4, -0.2) is 98.9 Å². The van der Waals surface area contributed by atoms with Gasteiger partial charge in [-0.05, 0) is 44.7 Å². The number of ketones is 3. The van der Waals surface area contributed by atoms with E-state index in [2.05, 4.69) is 5.32 Å². The average molecular weight is 696 g/mol. The molecule has 7 atom stereocenters. The molecular formula is C36H41NO13. The largest absolute Gasteiger partial charge is 0.507 e. The van der Waals surface area contributed by atoms with Crippen LogP contribution in [0.3, 0.4) is 0 Å². The minimum Gasteiger partial charge on any atom is -0.507 e. The molecule has 268 valence electrons. The van der Waals surface area contributed by atoms with E-state index in [0.29, 0.717) is 6.42 Å². The van der Waals surface area contributed by atoms with Gasteiger partial charge in [0.25, 0.3) is 0 Å². The summed E-state index contributed by atoms with van der Waals surface area (Å²) in [5.41, 5.74) is -3.93. The number of allylic oxidation sites excluding steroid dienone is 1. The Bertz CT molecular complexity index is 1740. The number of amides is 1. The molecule has 1 amide bonds. The first-order chi connectivity index (χ1) is 23.9. The molecule has 6 N–H and O–H groups in total. The van der Waals surface area contributed by atoms with E-state index in [4.69, 9.17) is 18.9 Å². The first-order valence-electron chi connectivity index (χ1n) is 16.7. The van der Waals surface area contributed by atoms with Gasteiger partial charge in [0.2, 0.25) is 5.78 Å². The molecule has 2 aromatic carbocycles. The van der Waals surface area contributed by atoms with Crippen molar-refractivity contribution in [1.82, 2.24) is 5.32 Å². The minimum atomic E-state index is -2.32. The number of methoxy groups -OCH3 is 1. The summed E-state index contributed by atoms with van der Waals surface area (Å²) in [6, 6.07) is 3.41. The molecule has 14 heteroatoms. The summed E-state index contributed by atoms with van der Waals surface area (Å²) in [5, 5.41) is 58.1. The predicted molar refractivity (Wildman–Crippen MR) is 173 cm³/mol. The Kier molecular flexibility index (Phi) is 10.0. The van der Waals surface area contributed by atoms with Crippen molar-refractivity contribution in [2.24, 2.45) is 0 Å². The fourth-order valence-corrected chi connectivity index (χ4v) is 7.41. The van der Waals surface area contributed by atoms with Gasteiger partial charge in [0, 0.05) is 36.0 Å². The number of Topliss-reactive ketones (excluding diaryl/α,β-unsaturated/α-hetero) is 1. The summed E-state index contributed by atoms with van der Waals surface area (Å²) in [4.78, 5) is 53.4. The summed E-state index contributed by atoms with van der Waals surface area (Å²) >= 11 is 0. The standard InChI is InChI=1S/C36H41NO13/c1-17-30(40)21(37-35(45)49-18-9-6-4-3-5-7-10-18)13-25(48-17)50-23-15-36(46,24(39)16-38)14-20-27(23)34(44)29-28(32(20)42)31(41)19-11-8-12-22(47-2)26(19)33(29)43/h6,8-9,11-12,17-18,21,23,25,30,38,40,42,44,46H,3-5,7,10,13-16H2,1-2H3,(H,37,45)/b9-6+/t17?,18-,21-,23?,25+,30-,36+/m1/s1. The average Bonchev–Trinajstić information content (AvgIpc) is 3.07. The van der Waals surface area contributed by atoms with Crippen molar-refractivity contribution >= 4 is 23.4 Å². The van der Waals surface area contributed by atoms with E-state index in [1.807, 2.05) is 12.2 Å². The highest BCUT2D eigenvalue weighted by Gasteiger charge is 2.50. The molecule has 1 saturated heterocycles. The first kappa shape index (κ1) is 35.5. The summed E-state index contributed by atoms with van der Waals surface area (Å²) in [6.45, 7) is 0.487. The van der Waals surface area contributed by atoms with Crippen LogP contribution in [0.5, 0.6) is 17.2 Å². The summed E-state index contributed by atoms with van der Waals surface area (Å²) in [5.74, 6) is -3.98. The zero-order valence-corrected chi connectivity index (χ0v) is 27.7. The Hall–Kier alpha value is -4.34. The Morgan fingerprint density at radius 1 is 1.06 bits per heavy atom. The highest BCUT2D eigenvalue weighted by molar-refractivity contribution is 6.31. The fraction of sp³-hybridized carbons (Fsp3) is 0.500. The van der Waals surface area contributed by atoms with Gasteiger partial charge in [0.05, 0.1) is 42.0 Å². The number of carbonyl (C=O) groups is 4. The number of alkyl carbamates (subject to hydrolysis) is 1. The van der Waals surface area contributed by atoms with Gasteiger partial charge in [-0.1, -0.05) is 24.6 Å². The van der Waals surface area contributed by atoms with Crippen molar-refractivity contribution in [2.75, 3.05) is 13.7 Å². The second kappa shape index (κ2) is 14.1. The number of aromatic hydroxyl groups is 2. The van der Waals surface area contributed by atoms with Gasteiger partial charge in [-0.3, -0.25) is 14.4 Å². The molecule has 2 unspecified atom stereocenters. The number of hydrogen-bond acceptors (Lipinski definition) is 13. The lowest BCUT2D eigenvalue weighted by atomic mass is 9.72. The van der Waals surface area contributed by atoms with E-state index < -0.39 is 108 Å². The van der Waals surface area contributed by atoms with Crippen molar-refractivity contribution in [3.63, 3.8) is 0 Å². The van der Waals surface area contributed by atoms with Gasteiger partial charge >= 0.3 is 6.09 Å². The topological polar surface area (TPSA) is 218 Å². The molecule has 3 aliphatic carbocycles. The van der Waals surface area contributed by atoms with Gasteiger partial charge in [-0.25, -0.2) is 4.79 Å². The van der Waals surface area contributed by atoms with Crippen LogP contribution in [0, 0.1) is 0 Å². The van der Waals surface area contributed by atoms with Gasteiger partial charge < -0.3 is 49.8 Å². The molecule has 4 aliphatic rings. The number of phenols is 2. The van der Waals surface area contributed by atoms with Crippen LogP contribution in [-0.2, 0) is 25.4 Å². The summed E-state index contributed by atoms with van der Waals surface area (Å²) < 4.78 is 23.0. The Labute approximate surface area is 287 Å². The molecule has 0 radical (unpaired) electrons. The maximum absolute atomic E-state index is 13.9. The van der Waals surface area contributed by atoms with E-state index in [9.17, 15) is 44.7 Å². The van der Waals surface area contributed by atoms with Gasteiger partial charge in [-0.2, -0.15) is 0 Å². The van der Waals surface area contributed by atoms with Gasteiger partial charge in [-0.15, -0.1) is 0 Å². The van der Waals surface area contributed by atoms with Crippen molar-refractivity contribution in [1.29, 1.82) is 0 Å². The quantitative estimate of drug-likeness (QED) is 0.155. The number of nitrogens with one attached hydrogen (secondary N) is 1. The maximum Gasteiger partial charge on any atom is 0.408 e. The molecule has 0 bridgehead atoms. The van der Waals surface area contributed by atoms with Gasteiger partial charge in [0.1, 0.15) is 41.7 Å². The number of aliphatic hydroxyl groups excluding tert-OH is 2. The molecule has 0 saturated carbocycles. The zero-order chi connectivity index (χ0) is 35.9. The van der Waals surface area contributed by atoms with Crippen LogP contribution in [0.1, 0.15) is 101 Å². The molecule has 6 rings (SSSR count). The Balaban J connectivity index is 1.33. The molecule has 1 aliphatic heterocycles. The first-order valence-corrected chi connectivity index (χ1v) is 16.7. The van der Waals surface area contributed by atoms with Crippen LogP contribution >= 0.6 is 0 Å². The SMILES string of the molecule is COc1cccc2c1C(=O)c1c(O)c3c(c(O)c1C2=O)C[C@@](O)(C(=O)CO)CC3O[C@H]1C[C@@H](NC(=O)O[C@@H]2/C=C/CCCCC2)[C@H](O)C(C)O1. The summed E-state index contributed by atoms with van der Waals surface area (Å²) in [6.07, 6.45) is 1.13. The third-order valence-corrected chi connectivity index (χ3v) is 10.0. The molecule has 0 spiro atoms. The molecule has 1 fully saturated rings. The third kappa shape index (κ3) is 6.37. The van der Waals surface area contributed by atoms with E-state index in [1.165, 1.54) is 25.3 Å². The highest BCUT2D eigenvalue weighted by Crippen LogP contribution is 2.52. The number of ether oxygens (including phenoxy) is 4. The van der Waals surface area contributed by atoms with Crippen molar-refractivity contribution in [2.45, 2.75) is 101 Å². The fourth-order valence-electron chi connectivity index (χ4n) is 7.41. The minimum absolute atomic E-state index is 0.0737. The molecule has 0 aromatic heterocycles.